The van der Waals surface area contributed by atoms with E-state index in [1.54, 1.807) is 13.1 Å². The summed E-state index contributed by atoms with van der Waals surface area (Å²) in [6.45, 7) is 2.00. The molecule has 0 saturated carbocycles. The molecule has 0 amide bonds. The Labute approximate surface area is 159 Å². The first-order valence-electron chi connectivity index (χ1n) is 10.1. The Balaban J connectivity index is 3.59. The first kappa shape index (κ1) is 25.8. The number of aliphatic hydroxyl groups excluding tert-OH is 1. The minimum Gasteiger partial charge on any atom is -0.387 e. The number of rotatable bonds is 18. The highest BCUT2D eigenvalue weighted by molar-refractivity contribution is 7.46. The zero-order valence-electron chi connectivity index (χ0n) is 16.6. The highest BCUT2D eigenvalue weighted by Crippen LogP contribution is 2.35. The van der Waals surface area contributed by atoms with Crippen molar-refractivity contribution in [1.29, 1.82) is 0 Å². The second-order valence-corrected chi connectivity index (χ2v) is 8.16. The van der Waals surface area contributed by atoms with Crippen LogP contribution in [0.5, 0.6) is 0 Å². The lowest BCUT2D eigenvalue weighted by Crippen LogP contribution is -2.40. The van der Waals surface area contributed by atoms with Gasteiger partial charge in [-0.25, -0.2) is 4.57 Å². The zero-order valence-corrected chi connectivity index (χ0v) is 17.5. The average Bonchev–Trinajstić information content (AvgIpc) is 2.58. The van der Waals surface area contributed by atoms with Crippen LogP contribution in [0.15, 0.2) is 12.2 Å². The summed E-state index contributed by atoms with van der Waals surface area (Å²) >= 11 is 0. The molecule has 0 aromatic carbocycles. The molecule has 0 saturated heterocycles. The van der Waals surface area contributed by atoms with Crippen molar-refractivity contribution in [2.45, 2.75) is 96.1 Å². The number of aliphatic hydroxyl groups is 1. The van der Waals surface area contributed by atoms with E-state index < -0.39 is 20.0 Å². The van der Waals surface area contributed by atoms with Gasteiger partial charge in [0.2, 0.25) is 0 Å². The Morgan fingerprint density at radius 1 is 0.962 bits per heavy atom. The fraction of sp³-hybridized carbons (Fsp3) is 0.895. The lowest BCUT2D eigenvalue weighted by molar-refractivity contribution is 0.116. The van der Waals surface area contributed by atoms with E-state index in [9.17, 15) is 9.67 Å². The van der Waals surface area contributed by atoms with Crippen molar-refractivity contribution in [1.82, 2.24) is 5.32 Å². The molecule has 0 rings (SSSR count). The van der Waals surface area contributed by atoms with Crippen LogP contribution < -0.4 is 5.32 Å². The predicted molar refractivity (Wildman–Crippen MR) is 107 cm³/mol. The van der Waals surface area contributed by atoms with E-state index in [1.165, 1.54) is 64.2 Å². The van der Waals surface area contributed by atoms with Crippen LogP contribution in [0, 0.1) is 0 Å². The molecule has 0 aliphatic carbocycles. The smallest absolute Gasteiger partial charge is 0.387 e. The summed E-state index contributed by atoms with van der Waals surface area (Å²) in [7, 11) is -2.89. The molecule has 6 nitrogen and oxygen atoms in total. The molecule has 2 unspecified atom stereocenters. The van der Waals surface area contributed by atoms with Crippen LogP contribution in [0.1, 0.15) is 84.0 Å². The van der Waals surface area contributed by atoms with Crippen LogP contribution in [-0.4, -0.2) is 40.7 Å². The van der Waals surface area contributed by atoms with Crippen LogP contribution in [0.3, 0.4) is 0 Å². The number of allylic oxidation sites excluding steroid dienone is 1. The molecule has 0 aliphatic heterocycles. The Bertz CT molecular complexity index is 386. The van der Waals surface area contributed by atoms with Gasteiger partial charge in [0, 0.05) is 0 Å². The summed E-state index contributed by atoms with van der Waals surface area (Å²) in [5, 5.41) is 12.8. The quantitative estimate of drug-likeness (QED) is 0.157. The third kappa shape index (κ3) is 17.2. The number of nitrogens with one attached hydrogen (secondary N) is 1. The maximum absolute atomic E-state index is 10.7. The highest BCUT2D eigenvalue weighted by Gasteiger charge is 2.21. The number of hydrogen-bond donors (Lipinski definition) is 4. The van der Waals surface area contributed by atoms with Gasteiger partial charge in [0.05, 0.1) is 18.8 Å². The molecule has 0 aliphatic rings. The van der Waals surface area contributed by atoms with Gasteiger partial charge < -0.3 is 20.2 Å². The summed E-state index contributed by atoms with van der Waals surface area (Å²) < 4.78 is 15.1. The van der Waals surface area contributed by atoms with Gasteiger partial charge in [-0.3, -0.25) is 4.52 Å². The van der Waals surface area contributed by atoms with E-state index in [2.05, 4.69) is 16.8 Å². The SMILES string of the molecule is CCCCCCCCCCCCCC=CC(O)C(COP(=O)(O)O)NC. The van der Waals surface area contributed by atoms with Crippen LogP contribution in [0.2, 0.25) is 0 Å². The Morgan fingerprint density at radius 3 is 1.92 bits per heavy atom. The molecule has 7 heteroatoms. The third-order valence-corrected chi connectivity index (χ3v) is 5.00. The van der Waals surface area contributed by atoms with E-state index >= 15 is 0 Å². The first-order valence-corrected chi connectivity index (χ1v) is 11.7. The summed E-state index contributed by atoms with van der Waals surface area (Å²) in [5.74, 6) is 0. The van der Waals surface area contributed by atoms with Crippen LogP contribution in [-0.2, 0) is 9.09 Å². The second-order valence-electron chi connectivity index (χ2n) is 6.92. The minimum atomic E-state index is -4.51. The van der Waals surface area contributed by atoms with Gasteiger partial charge in [0.1, 0.15) is 0 Å². The van der Waals surface area contributed by atoms with Gasteiger partial charge in [-0.15, -0.1) is 0 Å². The first-order chi connectivity index (χ1) is 12.4. The average molecular weight is 394 g/mol. The molecule has 0 radical (unpaired) electrons. The number of phosphoric acid groups is 1. The Hall–Kier alpha value is -0.230. The van der Waals surface area contributed by atoms with Crippen molar-refractivity contribution in [2.75, 3.05) is 13.7 Å². The van der Waals surface area contributed by atoms with Crippen molar-refractivity contribution in [2.24, 2.45) is 0 Å². The molecule has 0 aromatic rings. The van der Waals surface area contributed by atoms with E-state index in [4.69, 9.17) is 9.79 Å². The van der Waals surface area contributed by atoms with Crippen molar-refractivity contribution >= 4 is 7.82 Å². The Morgan fingerprint density at radius 2 is 1.46 bits per heavy atom. The second kappa shape index (κ2) is 16.9. The van der Waals surface area contributed by atoms with Crippen molar-refractivity contribution in [3.05, 3.63) is 12.2 Å². The number of likely N-dealkylation sites (N-methyl/N-ethyl adjacent to an activating group) is 1. The molecular formula is C19H40NO5P. The number of unbranched alkanes of at least 4 members (excludes halogenated alkanes) is 11. The van der Waals surface area contributed by atoms with Gasteiger partial charge in [-0.1, -0.05) is 83.3 Å². The highest BCUT2D eigenvalue weighted by atomic mass is 31.2. The van der Waals surface area contributed by atoms with Gasteiger partial charge in [0.25, 0.3) is 0 Å². The molecule has 0 heterocycles. The van der Waals surface area contributed by atoms with E-state index in [0.29, 0.717) is 0 Å². The molecule has 0 spiro atoms. The van der Waals surface area contributed by atoms with Crippen LogP contribution >= 0.6 is 7.82 Å². The van der Waals surface area contributed by atoms with Gasteiger partial charge in [-0.05, 0) is 19.9 Å². The van der Waals surface area contributed by atoms with E-state index in [-0.39, 0.29) is 6.61 Å². The summed E-state index contributed by atoms with van der Waals surface area (Å²) in [6, 6.07) is -0.545. The molecular weight excluding hydrogens is 353 g/mol. The monoisotopic (exact) mass is 393 g/mol. The third-order valence-electron chi connectivity index (χ3n) is 4.51. The summed E-state index contributed by atoms with van der Waals surface area (Å²) in [6.07, 6.45) is 18.1. The molecule has 156 valence electrons. The summed E-state index contributed by atoms with van der Waals surface area (Å²) in [5.41, 5.74) is 0. The van der Waals surface area contributed by atoms with Gasteiger partial charge >= 0.3 is 7.82 Å². The van der Waals surface area contributed by atoms with Crippen LogP contribution in [0.4, 0.5) is 0 Å². The van der Waals surface area contributed by atoms with E-state index in [1.807, 2.05) is 6.08 Å². The molecule has 4 N–H and O–H groups in total. The van der Waals surface area contributed by atoms with Crippen molar-refractivity contribution < 1.29 is 24.0 Å². The van der Waals surface area contributed by atoms with Gasteiger partial charge in [0.15, 0.2) is 0 Å². The van der Waals surface area contributed by atoms with Gasteiger partial charge in [-0.2, -0.15) is 0 Å². The van der Waals surface area contributed by atoms with Crippen molar-refractivity contribution in [3.63, 3.8) is 0 Å². The fourth-order valence-corrected chi connectivity index (χ4v) is 3.18. The molecule has 0 bridgehead atoms. The lowest BCUT2D eigenvalue weighted by atomic mass is 10.0. The molecule has 0 aromatic heterocycles. The largest absolute Gasteiger partial charge is 0.469 e. The van der Waals surface area contributed by atoms with Crippen molar-refractivity contribution in [3.8, 4) is 0 Å². The van der Waals surface area contributed by atoms with E-state index in [0.717, 1.165) is 12.8 Å². The number of hydrogen-bond acceptors (Lipinski definition) is 4. The zero-order chi connectivity index (χ0) is 19.7. The topological polar surface area (TPSA) is 99.0 Å². The molecule has 26 heavy (non-hydrogen) atoms. The lowest BCUT2D eigenvalue weighted by Gasteiger charge is -2.20. The predicted octanol–water partition coefficient (Wildman–Crippen LogP) is 4.30. The molecule has 2 atom stereocenters. The Kier molecular flexibility index (Phi) is 16.8. The normalized spacial score (nSPS) is 14.8. The fourth-order valence-electron chi connectivity index (χ4n) is 2.83. The number of phosphoric ester groups is 1. The standard InChI is InChI=1S/C19H40NO5P/c1-3-4-5-6-7-8-9-10-11-12-13-14-15-16-19(21)18(20-2)17-25-26(22,23)24/h15-16,18-21H,3-14,17H2,1-2H3,(H2,22,23,24). The van der Waals surface area contributed by atoms with Crippen LogP contribution in [0.25, 0.3) is 0 Å². The maximum atomic E-state index is 10.7. The molecule has 0 fully saturated rings. The minimum absolute atomic E-state index is 0.245. The summed E-state index contributed by atoms with van der Waals surface area (Å²) in [4.78, 5) is 17.4. The maximum Gasteiger partial charge on any atom is 0.469 e.